The Morgan fingerprint density at radius 2 is 0.538 bits per heavy atom. The second-order valence-electron chi connectivity index (χ2n) is 13.7. The summed E-state index contributed by atoms with van der Waals surface area (Å²) in [4.78, 5) is 0. The highest BCUT2D eigenvalue weighted by atomic mass is 14.2. The van der Waals surface area contributed by atoms with E-state index in [4.69, 9.17) is 0 Å². The molecular weight excluding hydrogens is 625 g/mol. The Hall–Kier alpha value is -6.76. The summed E-state index contributed by atoms with van der Waals surface area (Å²) >= 11 is 0. The van der Waals surface area contributed by atoms with Crippen molar-refractivity contribution < 1.29 is 0 Å². The molecule has 0 aliphatic carbocycles. The molecule has 0 atom stereocenters. The number of benzene rings is 10. The minimum absolute atomic E-state index is 1.22. The summed E-state index contributed by atoms with van der Waals surface area (Å²) < 4.78 is 0. The first-order valence-corrected chi connectivity index (χ1v) is 18.0. The Morgan fingerprint density at radius 3 is 1.10 bits per heavy atom. The summed E-state index contributed by atoms with van der Waals surface area (Å²) in [6.45, 7) is 0. The van der Waals surface area contributed by atoms with Gasteiger partial charge in [-0.1, -0.05) is 200 Å². The minimum Gasteiger partial charge on any atom is -0.0616 e. The van der Waals surface area contributed by atoms with Gasteiger partial charge in [-0.05, 0) is 105 Å². The van der Waals surface area contributed by atoms with E-state index in [9.17, 15) is 0 Å². The van der Waals surface area contributed by atoms with E-state index in [-0.39, 0.29) is 0 Å². The summed E-state index contributed by atoms with van der Waals surface area (Å²) in [5.41, 5.74) is 12.4. The molecule has 0 saturated heterocycles. The van der Waals surface area contributed by atoms with Crippen LogP contribution < -0.4 is 0 Å². The Balaban J connectivity index is 1.02. The number of rotatable bonds is 5. The standard InChI is InChI=1S/C52H34/c1-2-12-41-34-42(29-22-35(41)10-1)36-20-23-39(24-21-36)45-30-32-51(49-17-7-5-15-47(45)49)52-33-31-46(48-16-6-8-18-50(48)52)40-27-25-38(26-28-40)44-19-9-13-37-11-3-4-14-43(37)44/h1-34H. The average Bonchev–Trinajstić information content (AvgIpc) is 3.23. The third-order valence-corrected chi connectivity index (χ3v) is 10.7. The molecule has 0 saturated carbocycles. The molecule has 0 heterocycles. The molecule has 10 aromatic rings. The van der Waals surface area contributed by atoms with Crippen LogP contribution in [-0.4, -0.2) is 0 Å². The summed E-state index contributed by atoms with van der Waals surface area (Å²) in [5, 5.41) is 10.1. The fourth-order valence-corrected chi connectivity index (χ4v) is 8.09. The van der Waals surface area contributed by atoms with E-state index in [1.807, 2.05) is 0 Å². The summed E-state index contributed by atoms with van der Waals surface area (Å²) in [6.07, 6.45) is 0. The first-order chi connectivity index (χ1) is 25.8. The van der Waals surface area contributed by atoms with E-state index < -0.39 is 0 Å². The van der Waals surface area contributed by atoms with Crippen LogP contribution in [0.15, 0.2) is 206 Å². The molecular formula is C52H34. The minimum atomic E-state index is 1.22. The van der Waals surface area contributed by atoms with Crippen molar-refractivity contribution in [3.05, 3.63) is 206 Å². The Bertz CT molecular complexity index is 2920. The normalized spacial score (nSPS) is 11.5. The highest BCUT2D eigenvalue weighted by Gasteiger charge is 2.15. The lowest BCUT2D eigenvalue weighted by Gasteiger charge is -2.16. The predicted octanol–water partition coefficient (Wildman–Crippen LogP) is 14.6. The van der Waals surface area contributed by atoms with Crippen LogP contribution in [-0.2, 0) is 0 Å². The summed E-state index contributed by atoms with van der Waals surface area (Å²) in [7, 11) is 0. The van der Waals surface area contributed by atoms with Gasteiger partial charge in [-0.3, -0.25) is 0 Å². The van der Waals surface area contributed by atoms with Crippen LogP contribution in [0.4, 0.5) is 0 Å². The zero-order valence-electron chi connectivity index (χ0n) is 28.6. The third kappa shape index (κ3) is 5.16. The van der Waals surface area contributed by atoms with Gasteiger partial charge in [0.25, 0.3) is 0 Å². The summed E-state index contributed by atoms with van der Waals surface area (Å²) in [5.74, 6) is 0. The zero-order valence-corrected chi connectivity index (χ0v) is 28.6. The quantitative estimate of drug-likeness (QED) is 0.173. The number of hydrogen-bond donors (Lipinski definition) is 0. The van der Waals surface area contributed by atoms with Crippen LogP contribution in [0.25, 0.3) is 98.7 Å². The lowest BCUT2D eigenvalue weighted by Crippen LogP contribution is -1.89. The molecule has 0 aliphatic heterocycles. The van der Waals surface area contributed by atoms with E-state index in [0.29, 0.717) is 0 Å². The van der Waals surface area contributed by atoms with Gasteiger partial charge in [0.05, 0.1) is 0 Å². The van der Waals surface area contributed by atoms with Crippen molar-refractivity contribution >= 4 is 43.1 Å². The molecule has 0 nitrogen and oxygen atoms in total. The Kier molecular flexibility index (Phi) is 7.25. The van der Waals surface area contributed by atoms with Crippen molar-refractivity contribution in [1.82, 2.24) is 0 Å². The molecule has 0 amide bonds. The van der Waals surface area contributed by atoms with Crippen LogP contribution in [0.1, 0.15) is 0 Å². The zero-order chi connectivity index (χ0) is 34.4. The molecule has 52 heavy (non-hydrogen) atoms. The van der Waals surface area contributed by atoms with Gasteiger partial charge in [0.2, 0.25) is 0 Å². The molecule has 0 fully saturated rings. The van der Waals surface area contributed by atoms with E-state index in [2.05, 4.69) is 206 Å². The van der Waals surface area contributed by atoms with Crippen LogP contribution in [0.5, 0.6) is 0 Å². The molecule has 10 rings (SSSR count). The maximum atomic E-state index is 2.32. The van der Waals surface area contributed by atoms with Gasteiger partial charge in [-0.25, -0.2) is 0 Å². The van der Waals surface area contributed by atoms with Crippen molar-refractivity contribution in [2.45, 2.75) is 0 Å². The van der Waals surface area contributed by atoms with Crippen molar-refractivity contribution in [1.29, 1.82) is 0 Å². The molecule has 0 spiro atoms. The maximum Gasteiger partial charge on any atom is -0.00987 e. The van der Waals surface area contributed by atoms with Crippen LogP contribution in [0.2, 0.25) is 0 Å². The molecule has 0 N–H and O–H groups in total. The number of fused-ring (bicyclic) bond motifs is 4. The lowest BCUT2D eigenvalue weighted by atomic mass is 9.87. The van der Waals surface area contributed by atoms with Gasteiger partial charge in [-0.15, -0.1) is 0 Å². The van der Waals surface area contributed by atoms with Gasteiger partial charge in [0, 0.05) is 0 Å². The first-order valence-electron chi connectivity index (χ1n) is 18.0. The second-order valence-corrected chi connectivity index (χ2v) is 13.7. The topological polar surface area (TPSA) is 0 Å². The molecule has 0 unspecified atom stereocenters. The molecule has 242 valence electrons. The van der Waals surface area contributed by atoms with Crippen molar-refractivity contribution in [3.63, 3.8) is 0 Å². The van der Waals surface area contributed by atoms with Gasteiger partial charge in [-0.2, -0.15) is 0 Å². The smallest absolute Gasteiger partial charge is 0.00987 e. The molecule has 0 radical (unpaired) electrons. The van der Waals surface area contributed by atoms with Crippen molar-refractivity contribution in [3.8, 4) is 55.6 Å². The monoisotopic (exact) mass is 658 g/mol. The van der Waals surface area contributed by atoms with Gasteiger partial charge in [0.1, 0.15) is 0 Å². The fraction of sp³-hybridized carbons (Fsp3) is 0. The van der Waals surface area contributed by atoms with E-state index in [0.717, 1.165) is 0 Å². The highest BCUT2D eigenvalue weighted by Crippen LogP contribution is 2.41. The molecule has 0 aliphatic rings. The SMILES string of the molecule is c1ccc2cc(-c3ccc(-c4ccc(-c5ccc(-c6ccc(-c7cccc8ccccc78)cc6)c6ccccc56)c5ccccc45)cc3)ccc2c1. The van der Waals surface area contributed by atoms with Gasteiger partial charge >= 0.3 is 0 Å². The van der Waals surface area contributed by atoms with Crippen LogP contribution in [0, 0.1) is 0 Å². The average molecular weight is 659 g/mol. The maximum absolute atomic E-state index is 2.32. The Morgan fingerprint density at radius 1 is 0.173 bits per heavy atom. The largest absolute Gasteiger partial charge is 0.0616 e. The molecule has 0 heteroatoms. The molecule has 10 aromatic carbocycles. The van der Waals surface area contributed by atoms with E-state index in [1.54, 1.807) is 0 Å². The lowest BCUT2D eigenvalue weighted by molar-refractivity contribution is 1.61. The number of hydrogen-bond acceptors (Lipinski definition) is 0. The third-order valence-electron chi connectivity index (χ3n) is 10.7. The van der Waals surface area contributed by atoms with E-state index in [1.165, 1.54) is 98.7 Å². The molecule has 0 aromatic heterocycles. The fourth-order valence-electron chi connectivity index (χ4n) is 8.09. The van der Waals surface area contributed by atoms with Crippen molar-refractivity contribution in [2.24, 2.45) is 0 Å². The Labute approximate surface area is 303 Å². The van der Waals surface area contributed by atoms with E-state index >= 15 is 0 Å². The van der Waals surface area contributed by atoms with Crippen molar-refractivity contribution in [2.75, 3.05) is 0 Å². The van der Waals surface area contributed by atoms with Crippen LogP contribution >= 0.6 is 0 Å². The highest BCUT2D eigenvalue weighted by molar-refractivity contribution is 6.12. The van der Waals surface area contributed by atoms with Gasteiger partial charge < -0.3 is 0 Å². The van der Waals surface area contributed by atoms with Crippen LogP contribution in [0.3, 0.4) is 0 Å². The predicted molar refractivity (Wildman–Crippen MR) is 224 cm³/mol. The molecule has 0 bridgehead atoms. The second kappa shape index (κ2) is 12.5. The first kappa shape index (κ1) is 30.1. The van der Waals surface area contributed by atoms with Gasteiger partial charge in [0.15, 0.2) is 0 Å². The summed E-state index contributed by atoms with van der Waals surface area (Å²) in [6, 6.07) is 75.5.